The average Bonchev–Trinajstić information content (AvgIpc) is 2.38. The first-order valence-corrected chi connectivity index (χ1v) is 5.13. The highest BCUT2D eigenvalue weighted by Crippen LogP contribution is 2.16. The lowest BCUT2D eigenvalue weighted by Crippen LogP contribution is -1.97. The van der Waals surface area contributed by atoms with E-state index in [1.165, 1.54) is 0 Å². The summed E-state index contributed by atoms with van der Waals surface area (Å²) in [7, 11) is 0. The Morgan fingerprint density at radius 2 is 1.65 bits per heavy atom. The molecule has 3 aromatic rings. The van der Waals surface area contributed by atoms with Crippen molar-refractivity contribution in [2.45, 2.75) is 0 Å². The molecule has 5 heteroatoms. The van der Waals surface area contributed by atoms with Gasteiger partial charge in [-0.2, -0.15) is 0 Å². The molecule has 0 aliphatic rings. The van der Waals surface area contributed by atoms with Crippen molar-refractivity contribution in [3.63, 3.8) is 0 Å². The highest BCUT2D eigenvalue weighted by Gasteiger charge is 2.04. The zero-order valence-electron chi connectivity index (χ0n) is 8.91. The number of hydrogen-bond donors (Lipinski definition) is 1. The minimum absolute atomic E-state index is 0.234. The van der Waals surface area contributed by atoms with Gasteiger partial charge in [0.05, 0.1) is 22.9 Å². The molecule has 82 valence electrons. The molecule has 1 aromatic carbocycles. The molecule has 0 fully saturated rings. The van der Waals surface area contributed by atoms with Gasteiger partial charge in [0.25, 0.3) is 0 Å². The number of para-hydroxylation sites is 2. The van der Waals surface area contributed by atoms with E-state index in [1.807, 2.05) is 24.3 Å². The molecule has 5 nitrogen and oxygen atoms in total. The summed E-state index contributed by atoms with van der Waals surface area (Å²) in [6.07, 6.45) is 3.29. The number of aromatic nitrogens is 4. The van der Waals surface area contributed by atoms with Gasteiger partial charge in [0, 0.05) is 6.20 Å². The number of rotatable bonds is 1. The van der Waals surface area contributed by atoms with E-state index in [4.69, 9.17) is 5.73 Å². The summed E-state index contributed by atoms with van der Waals surface area (Å²) >= 11 is 0. The quantitative estimate of drug-likeness (QED) is 0.679. The van der Waals surface area contributed by atoms with E-state index in [0.29, 0.717) is 11.4 Å². The third-order valence-corrected chi connectivity index (χ3v) is 2.39. The summed E-state index contributed by atoms with van der Waals surface area (Å²) in [6.45, 7) is 0. The molecule has 0 unspecified atom stereocenters. The molecule has 3 rings (SSSR count). The Labute approximate surface area is 97.4 Å². The van der Waals surface area contributed by atoms with Gasteiger partial charge in [-0.1, -0.05) is 12.1 Å². The molecule has 2 N–H and O–H groups in total. The van der Waals surface area contributed by atoms with Gasteiger partial charge in [0.15, 0.2) is 0 Å². The topological polar surface area (TPSA) is 77.6 Å². The molecule has 0 amide bonds. The summed E-state index contributed by atoms with van der Waals surface area (Å²) < 4.78 is 0. The molecule has 0 radical (unpaired) electrons. The van der Waals surface area contributed by atoms with Gasteiger partial charge in [-0.15, -0.1) is 0 Å². The number of hydrogen-bond acceptors (Lipinski definition) is 5. The highest BCUT2D eigenvalue weighted by molar-refractivity contribution is 5.76. The van der Waals surface area contributed by atoms with Crippen LogP contribution in [0.25, 0.3) is 22.4 Å². The first-order valence-electron chi connectivity index (χ1n) is 5.13. The summed E-state index contributed by atoms with van der Waals surface area (Å²) in [4.78, 5) is 16.8. The predicted octanol–water partition coefficient (Wildman–Crippen LogP) is 1.67. The zero-order chi connectivity index (χ0) is 11.7. The Morgan fingerprint density at radius 1 is 0.824 bits per heavy atom. The lowest BCUT2D eigenvalue weighted by Gasteiger charge is -2.01. The van der Waals surface area contributed by atoms with Crippen LogP contribution in [-0.2, 0) is 0 Å². The Kier molecular flexibility index (Phi) is 2.15. The molecule has 17 heavy (non-hydrogen) atoms. The van der Waals surface area contributed by atoms with Gasteiger partial charge in [-0.25, -0.2) is 15.0 Å². The SMILES string of the molecule is Nc1nccc(-c2cnc3ccccc3n2)n1. The van der Waals surface area contributed by atoms with E-state index in [0.717, 1.165) is 11.0 Å². The van der Waals surface area contributed by atoms with E-state index in [9.17, 15) is 0 Å². The van der Waals surface area contributed by atoms with Crippen molar-refractivity contribution in [3.05, 3.63) is 42.7 Å². The third-order valence-electron chi connectivity index (χ3n) is 2.39. The number of benzene rings is 1. The monoisotopic (exact) mass is 223 g/mol. The van der Waals surface area contributed by atoms with E-state index >= 15 is 0 Å². The molecule has 2 aromatic heterocycles. The number of anilines is 1. The Bertz CT molecular complexity index is 680. The lowest BCUT2D eigenvalue weighted by molar-refractivity contribution is 1.16. The van der Waals surface area contributed by atoms with E-state index in [2.05, 4.69) is 19.9 Å². The smallest absolute Gasteiger partial charge is 0.220 e. The summed E-state index contributed by atoms with van der Waals surface area (Å²) in [6, 6.07) is 9.44. The van der Waals surface area contributed by atoms with Crippen molar-refractivity contribution < 1.29 is 0 Å². The van der Waals surface area contributed by atoms with Crippen LogP contribution in [0.4, 0.5) is 5.95 Å². The van der Waals surface area contributed by atoms with Crippen molar-refractivity contribution in [1.29, 1.82) is 0 Å². The molecular weight excluding hydrogens is 214 g/mol. The average molecular weight is 223 g/mol. The van der Waals surface area contributed by atoms with Crippen LogP contribution in [0.2, 0.25) is 0 Å². The molecule has 0 aliphatic carbocycles. The van der Waals surface area contributed by atoms with Crippen LogP contribution >= 0.6 is 0 Å². The van der Waals surface area contributed by atoms with Crippen molar-refractivity contribution in [3.8, 4) is 11.4 Å². The van der Waals surface area contributed by atoms with Crippen LogP contribution < -0.4 is 5.73 Å². The molecular formula is C12H9N5. The van der Waals surface area contributed by atoms with Crippen LogP contribution in [0.3, 0.4) is 0 Å². The number of nitrogens with zero attached hydrogens (tertiary/aromatic N) is 4. The van der Waals surface area contributed by atoms with E-state index in [1.54, 1.807) is 18.5 Å². The summed E-state index contributed by atoms with van der Waals surface area (Å²) in [5.74, 6) is 0.234. The maximum atomic E-state index is 5.54. The van der Waals surface area contributed by atoms with Gasteiger partial charge in [0.2, 0.25) is 5.95 Å². The fourth-order valence-corrected chi connectivity index (χ4v) is 1.60. The fraction of sp³-hybridized carbons (Fsp3) is 0. The number of nitrogen functional groups attached to an aromatic ring is 1. The Morgan fingerprint density at radius 3 is 2.47 bits per heavy atom. The summed E-state index contributed by atoms with van der Waals surface area (Å²) in [5, 5.41) is 0. The van der Waals surface area contributed by atoms with Gasteiger partial charge in [0.1, 0.15) is 5.69 Å². The van der Waals surface area contributed by atoms with Crippen LogP contribution in [0.15, 0.2) is 42.7 Å². The van der Waals surface area contributed by atoms with Crippen molar-refractivity contribution in [2.24, 2.45) is 0 Å². The van der Waals surface area contributed by atoms with E-state index in [-0.39, 0.29) is 5.95 Å². The third kappa shape index (κ3) is 1.78. The largest absolute Gasteiger partial charge is 0.368 e. The van der Waals surface area contributed by atoms with Crippen LogP contribution in [0.1, 0.15) is 0 Å². The second-order valence-electron chi connectivity index (χ2n) is 3.54. The van der Waals surface area contributed by atoms with Crippen molar-refractivity contribution in [2.75, 3.05) is 5.73 Å². The predicted molar refractivity (Wildman–Crippen MR) is 65.0 cm³/mol. The molecule has 0 saturated carbocycles. The van der Waals surface area contributed by atoms with Gasteiger partial charge in [-0.3, -0.25) is 4.98 Å². The lowest BCUT2D eigenvalue weighted by atomic mass is 10.2. The molecule has 2 heterocycles. The van der Waals surface area contributed by atoms with Gasteiger partial charge >= 0.3 is 0 Å². The Hall–Kier alpha value is -2.56. The number of nitrogens with two attached hydrogens (primary N) is 1. The maximum absolute atomic E-state index is 5.54. The van der Waals surface area contributed by atoms with Crippen molar-refractivity contribution >= 4 is 17.0 Å². The number of fused-ring (bicyclic) bond motifs is 1. The van der Waals surface area contributed by atoms with Gasteiger partial charge in [-0.05, 0) is 18.2 Å². The summed E-state index contributed by atoms with van der Waals surface area (Å²) in [5.41, 5.74) is 8.60. The highest BCUT2D eigenvalue weighted by atomic mass is 15.0. The second kappa shape index (κ2) is 3.79. The molecule has 0 spiro atoms. The van der Waals surface area contributed by atoms with Crippen molar-refractivity contribution in [1.82, 2.24) is 19.9 Å². The molecule has 0 aliphatic heterocycles. The normalized spacial score (nSPS) is 10.6. The molecule has 0 bridgehead atoms. The van der Waals surface area contributed by atoms with Crippen LogP contribution in [0.5, 0.6) is 0 Å². The molecule has 0 saturated heterocycles. The standard InChI is InChI=1S/C12H9N5/c13-12-14-6-5-10(17-12)11-7-15-8-3-1-2-4-9(8)16-11/h1-7H,(H2,13,14,17). The van der Waals surface area contributed by atoms with Crippen LogP contribution in [-0.4, -0.2) is 19.9 Å². The minimum Gasteiger partial charge on any atom is -0.368 e. The first-order chi connectivity index (χ1) is 8.33. The first kappa shape index (κ1) is 9.65. The zero-order valence-corrected chi connectivity index (χ0v) is 8.91. The molecule has 0 atom stereocenters. The Balaban J connectivity index is 2.18. The second-order valence-corrected chi connectivity index (χ2v) is 3.54. The fourth-order valence-electron chi connectivity index (χ4n) is 1.60. The maximum Gasteiger partial charge on any atom is 0.220 e. The van der Waals surface area contributed by atoms with Crippen LogP contribution in [0, 0.1) is 0 Å². The van der Waals surface area contributed by atoms with Gasteiger partial charge < -0.3 is 5.73 Å². The minimum atomic E-state index is 0.234. The van der Waals surface area contributed by atoms with E-state index < -0.39 is 0 Å².